The summed E-state index contributed by atoms with van der Waals surface area (Å²) in [7, 11) is 1.54. The van der Waals surface area contributed by atoms with Gasteiger partial charge >= 0.3 is 0 Å². The van der Waals surface area contributed by atoms with Gasteiger partial charge in [-0.1, -0.05) is 0 Å². The van der Waals surface area contributed by atoms with Crippen molar-refractivity contribution in [2.75, 3.05) is 12.4 Å². The molecule has 0 fully saturated rings. The number of pyridine rings is 1. The Morgan fingerprint density at radius 3 is 2.79 bits per heavy atom. The van der Waals surface area contributed by atoms with E-state index in [0.717, 1.165) is 5.69 Å². The van der Waals surface area contributed by atoms with E-state index in [-0.39, 0.29) is 0 Å². The van der Waals surface area contributed by atoms with Crippen LogP contribution in [0.15, 0.2) is 18.3 Å². The minimum Gasteiger partial charge on any atom is -0.481 e. The van der Waals surface area contributed by atoms with E-state index in [0.29, 0.717) is 5.88 Å². The molecule has 1 unspecified atom stereocenters. The van der Waals surface area contributed by atoms with Crippen LogP contribution in [-0.4, -0.2) is 24.0 Å². The lowest BCUT2D eigenvalue weighted by Crippen LogP contribution is -2.32. The molecule has 0 radical (unpaired) electrons. The van der Waals surface area contributed by atoms with E-state index >= 15 is 0 Å². The average molecular weight is 195 g/mol. The molecule has 5 heteroatoms. The quantitative estimate of drug-likeness (QED) is 0.728. The van der Waals surface area contributed by atoms with Crippen molar-refractivity contribution in [2.24, 2.45) is 5.73 Å². The summed E-state index contributed by atoms with van der Waals surface area (Å²) < 4.78 is 4.89. The molecule has 1 rings (SSSR count). The second kappa shape index (κ2) is 4.45. The molecule has 14 heavy (non-hydrogen) atoms. The van der Waals surface area contributed by atoms with E-state index in [2.05, 4.69) is 10.3 Å². The van der Waals surface area contributed by atoms with E-state index in [9.17, 15) is 4.79 Å². The molecule has 1 atom stereocenters. The van der Waals surface area contributed by atoms with Crippen LogP contribution in [0.25, 0.3) is 0 Å². The van der Waals surface area contributed by atoms with Gasteiger partial charge in [0.05, 0.1) is 19.0 Å². The Hall–Kier alpha value is -1.78. The van der Waals surface area contributed by atoms with Crippen LogP contribution in [0.1, 0.15) is 6.92 Å². The first-order chi connectivity index (χ1) is 6.63. The summed E-state index contributed by atoms with van der Waals surface area (Å²) in [5.41, 5.74) is 5.83. The summed E-state index contributed by atoms with van der Waals surface area (Å²) in [5, 5.41) is 2.90. The molecule has 0 aliphatic rings. The van der Waals surface area contributed by atoms with Crippen molar-refractivity contribution < 1.29 is 9.53 Å². The largest absolute Gasteiger partial charge is 0.481 e. The van der Waals surface area contributed by atoms with Gasteiger partial charge in [0.1, 0.15) is 6.04 Å². The fourth-order valence-corrected chi connectivity index (χ4v) is 0.908. The average Bonchev–Trinajstić information content (AvgIpc) is 2.19. The minimum absolute atomic E-state index is 0.402. The lowest BCUT2D eigenvalue weighted by molar-refractivity contribution is -0.118. The molecule has 0 aromatic carbocycles. The molecule has 0 aliphatic heterocycles. The molecule has 0 saturated carbocycles. The number of carbonyl (C=O) groups is 1. The zero-order valence-corrected chi connectivity index (χ0v) is 8.15. The second-order valence-corrected chi connectivity index (χ2v) is 2.86. The number of hydrogen-bond donors (Lipinski definition) is 2. The molecule has 1 amide bonds. The lowest BCUT2D eigenvalue weighted by atomic mass is 10.3. The SMILES string of the molecule is COc1ccc(NC(C)C(N)=O)cn1. The van der Waals surface area contributed by atoms with Crippen LogP contribution in [-0.2, 0) is 4.79 Å². The number of rotatable bonds is 4. The Balaban J connectivity index is 2.64. The predicted molar refractivity (Wildman–Crippen MR) is 53.1 cm³/mol. The first-order valence-electron chi connectivity index (χ1n) is 4.19. The molecule has 3 N–H and O–H groups in total. The molecular weight excluding hydrogens is 182 g/mol. The van der Waals surface area contributed by atoms with E-state index < -0.39 is 11.9 Å². The molecule has 0 bridgehead atoms. The van der Waals surface area contributed by atoms with Gasteiger partial charge < -0.3 is 15.8 Å². The Labute approximate surface area is 82.3 Å². The van der Waals surface area contributed by atoms with Crippen molar-refractivity contribution in [1.29, 1.82) is 0 Å². The zero-order valence-electron chi connectivity index (χ0n) is 8.15. The van der Waals surface area contributed by atoms with Gasteiger partial charge in [0.15, 0.2) is 0 Å². The Morgan fingerprint density at radius 2 is 2.36 bits per heavy atom. The number of primary amides is 1. The molecule has 5 nitrogen and oxygen atoms in total. The summed E-state index contributed by atoms with van der Waals surface area (Å²) in [6, 6.07) is 3.06. The number of hydrogen-bond acceptors (Lipinski definition) is 4. The van der Waals surface area contributed by atoms with Crippen LogP contribution >= 0.6 is 0 Å². The molecule has 1 aromatic heterocycles. The van der Waals surface area contributed by atoms with Crippen LogP contribution in [0.4, 0.5) is 5.69 Å². The van der Waals surface area contributed by atoms with Crippen molar-refractivity contribution in [3.63, 3.8) is 0 Å². The standard InChI is InChI=1S/C9H13N3O2/c1-6(9(10)13)12-7-3-4-8(14-2)11-5-7/h3-6,12H,1-2H3,(H2,10,13). The third-order valence-electron chi connectivity index (χ3n) is 1.76. The van der Waals surface area contributed by atoms with Crippen molar-refractivity contribution in [2.45, 2.75) is 13.0 Å². The predicted octanol–water partition coefficient (Wildman–Crippen LogP) is 0.376. The fourth-order valence-electron chi connectivity index (χ4n) is 0.908. The highest BCUT2D eigenvalue weighted by molar-refractivity contribution is 5.82. The smallest absolute Gasteiger partial charge is 0.239 e. The lowest BCUT2D eigenvalue weighted by Gasteiger charge is -2.10. The number of nitrogens with one attached hydrogen (secondary N) is 1. The van der Waals surface area contributed by atoms with Crippen LogP contribution in [0.5, 0.6) is 5.88 Å². The van der Waals surface area contributed by atoms with Crippen molar-refractivity contribution in [3.8, 4) is 5.88 Å². The molecule has 0 saturated heterocycles. The minimum atomic E-state index is -0.412. The van der Waals surface area contributed by atoms with Crippen molar-refractivity contribution >= 4 is 11.6 Å². The van der Waals surface area contributed by atoms with E-state index in [1.165, 1.54) is 0 Å². The summed E-state index contributed by atoms with van der Waals surface area (Å²) in [5.74, 6) is 0.128. The Bertz CT molecular complexity index is 310. The number of anilines is 1. The van der Waals surface area contributed by atoms with Crippen molar-refractivity contribution in [3.05, 3.63) is 18.3 Å². The third-order valence-corrected chi connectivity index (χ3v) is 1.76. The number of nitrogens with two attached hydrogens (primary N) is 1. The summed E-state index contributed by atoms with van der Waals surface area (Å²) >= 11 is 0. The maximum Gasteiger partial charge on any atom is 0.239 e. The van der Waals surface area contributed by atoms with Crippen LogP contribution < -0.4 is 15.8 Å². The van der Waals surface area contributed by atoms with E-state index in [1.54, 1.807) is 32.4 Å². The van der Waals surface area contributed by atoms with Gasteiger partial charge in [-0.3, -0.25) is 4.79 Å². The summed E-state index contributed by atoms with van der Waals surface area (Å²) in [6.45, 7) is 1.69. The molecule has 0 aliphatic carbocycles. The number of nitrogens with zero attached hydrogens (tertiary/aromatic N) is 1. The highest BCUT2D eigenvalue weighted by Crippen LogP contribution is 2.11. The van der Waals surface area contributed by atoms with Crippen LogP contribution in [0.2, 0.25) is 0 Å². The van der Waals surface area contributed by atoms with Gasteiger partial charge in [-0.2, -0.15) is 0 Å². The number of ether oxygens (including phenoxy) is 1. The fraction of sp³-hybridized carbons (Fsp3) is 0.333. The molecule has 76 valence electrons. The van der Waals surface area contributed by atoms with Gasteiger partial charge in [0, 0.05) is 6.07 Å². The van der Waals surface area contributed by atoms with E-state index in [4.69, 9.17) is 10.5 Å². The molecule has 0 spiro atoms. The number of aromatic nitrogens is 1. The summed E-state index contributed by atoms with van der Waals surface area (Å²) in [6.07, 6.45) is 1.58. The summed E-state index contributed by atoms with van der Waals surface area (Å²) in [4.78, 5) is 14.7. The van der Waals surface area contributed by atoms with Gasteiger partial charge in [0.25, 0.3) is 0 Å². The highest BCUT2D eigenvalue weighted by Gasteiger charge is 2.07. The van der Waals surface area contributed by atoms with Gasteiger partial charge in [-0.05, 0) is 13.0 Å². The Morgan fingerprint density at radius 1 is 1.64 bits per heavy atom. The molecule has 1 aromatic rings. The topological polar surface area (TPSA) is 77.2 Å². The van der Waals surface area contributed by atoms with Gasteiger partial charge in [-0.15, -0.1) is 0 Å². The number of amides is 1. The molecular formula is C9H13N3O2. The number of methoxy groups -OCH3 is 1. The van der Waals surface area contributed by atoms with Crippen LogP contribution in [0.3, 0.4) is 0 Å². The van der Waals surface area contributed by atoms with Gasteiger partial charge in [0.2, 0.25) is 11.8 Å². The van der Waals surface area contributed by atoms with Crippen LogP contribution in [0, 0.1) is 0 Å². The first kappa shape index (κ1) is 10.3. The maximum atomic E-state index is 10.7. The highest BCUT2D eigenvalue weighted by atomic mass is 16.5. The number of carbonyl (C=O) groups excluding carboxylic acids is 1. The monoisotopic (exact) mass is 195 g/mol. The Kier molecular flexibility index (Phi) is 3.28. The van der Waals surface area contributed by atoms with Gasteiger partial charge in [-0.25, -0.2) is 4.98 Å². The van der Waals surface area contributed by atoms with Crippen molar-refractivity contribution in [1.82, 2.24) is 4.98 Å². The normalized spacial score (nSPS) is 11.9. The first-order valence-corrected chi connectivity index (χ1v) is 4.19. The zero-order chi connectivity index (χ0) is 10.6. The molecule has 1 heterocycles. The second-order valence-electron chi connectivity index (χ2n) is 2.86. The van der Waals surface area contributed by atoms with E-state index in [1.807, 2.05) is 0 Å². The third kappa shape index (κ3) is 2.62. The maximum absolute atomic E-state index is 10.7.